The van der Waals surface area contributed by atoms with Crippen molar-refractivity contribution in [1.29, 1.82) is 0 Å². The van der Waals surface area contributed by atoms with Crippen LogP contribution in [-0.2, 0) is 0 Å². The van der Waals surface area contributed by atoms with Crippen LogP contribution in [0.1, 0.15) is 30.1 Å². The number of amidine groups is 1. The molecular weight excluding hydrogens is 264 g/mol. The maximum absolute atomic E-state index is 12.0. The minimum atomic E-state index is -0.226. The number of carbonyl (C=O) groups excluding carboxylic acids is 1. The molecule has 1 aliphatic carbocycles. The molecule has 2 aliphatic rings. The summed E-state index contributed by atoms with van der Waals surface area (Å²) in [6.07, 6.45) is 2.08. The third-order valence-corrected chi connectivity index (χ3v) is 4.11. The lowest BCUT2D eigenvalue weighted by Gasteiger charge is -2.24. The van der Waals surface area contributed by atoms with Gasteiger partial charge in [-0.05, 0) is 43.5 Å². The van der Waals surface area contributed by atoms with Crippen LogP contribution in [0.15, 0.2) is 35.3 Å². The number of carbonyl (C=O) groups is 1. The molecular formula is C16H16N4O. The molecule has 1 fully saturated rings. The fraction of sp³-hybridized carbons (Fsp3) is 0.312. The average molecular weight is 280 g/mol. The summed E-state index contributed by atoms with van der Waals surface area (Å²) < 4.78 is 0. The minimum Gasteiger partial charge on any atom is -0.385 e. The van der Waals surface area contributed by atoms with E-state index >= 15 is 0 Å². The monoisotopic (exact) mass is 280 g/mol. The SMILES string of the molecule is Cc1ccc2cc(C3C(N)=NC(=O)N3C3CC3)ccc2n1. The lowest BCUT2D eigenvalue weighted by Crippen LogP contribution is -2.34. The summed E-state index contributed by atoms with van der Waals surface area (Å²) in [5.41, 5.74) is 8.95. The van der Waals surface area contributed by atoms with Crippen LogP contribution in [0.5, 0.6) is 0 Å². The lowest BCUT2D eigenvalue weighted by molar-refractivity contribution is 0.203. The fourth-order valence-electron chi connectivity index (χ4n) is 2.95. The highest BCUT2D eigenvalue weighted by Crippen LogP contribution is 2.38. The number of urea groups is 1. The van der Waals surface area contributed by atoms with Crippen LogP contribution in [0.25, 0.3) is 10.9 Å². The first-order valence-corrected chi connectivity index (χ1v) is 7.17. The van der Waals surface area contributed by atoms with Gasteiger partial charge in [0.05, 0.1) is 5.52 Å². The zero-order chi connectivity index (χ0) is 14.6. The first kappa shape index (κ1) is 12.3. The summed E-state index contributed by atoms with van der Waals surface area (Å²) in [6, 6.07) is 9.93. The minimum absolute atomic E-state index is 0.206. The van der Waals surface area contributed by atoms with E-state index in [1.54, 1.807) is 0 Å². The van der Waals surface area contributed by atoms with Crippen LogP contribution in [0.4, 0.5) is 4.79 Å². The zero-order valence-electron chi connectivity index (χ0n) is 11.8. The number of benzene rings is 1. The van der Waals surface area contributed by atoms with E-state index in [2.05, 4.69) is 16.0 Å². The summed E-state index contributed by atoms with van der Waals surface area (Å²) in [5.74, 6) is 0.395. The highest BCUT2D eigenvalue weighted by Gasteiger charge is 2.43. The van der Waals surface area contributed by atoms with Gasteiger partial charge < -0.3 is 10.6 Å². The van der Waals surface area contributed by atoms with Gasteiger partial charge in [-0.15, -0.1) is 0 Å². The van der Waals surface area contributed by atoms with Crippen LogP contribution in [0, 0.1) is 6.92 Å². The molecule has 0 spiro atoms. The van der Waals surface area contributed by atoms with Crippen molar-refractivity contribution in [1.82, 2.24) is 9.88 Å². The maximum Gasteiger partial charge on any atom is 0.346 e. The van der Waals surface area contributed by atoms with E-state index in [4.69, 9.17) is 5.73 Å². The van der Waals surface area contributed by atoms with E-state index in [0.29, 0.717) is 11.9 Å². The quantitative estimate of drug-likeness (QED) is 0.918. The second-order valence-corrected chi connectivity index (χ2v) is 5.76. The van der Waals surface area contributed by atoms with Crippen molar-refractivity contribution in [3.63, 3.8) is 0 Å². The predicted molar refractivity (Wildman–Crippen MR) is 81.1 cm³/mol. The third kappa shape index (κ3) is 1.96. The first-order valence-electron chi connectivity index (χ1n) is 7.17. The molecule has 1 aliphatic heterocycles. The summed E-state index contributed by atoms with van der Waals surface area (Å²) in [4.78, 5) is 22.3. The molecule has 5 heteroatoms. The second-order valence-electron chi connectivity index (χ2n) is 5.76. The molecule has 1 aromatic heterocycles. The largest absolute Gasteiger partial charge is 0.385 e. The number of fused-ring (bicyclic) bond motifs is 1. The van der Waals surface area contributed by atoms with E-state index in [-0.39, 0.29) is 12.1 Å². The number of nitrogens with zero attached hydrogens (tertiary/aromatic N) is 3. The number of aliphatic imine (C=N–C) groups is 1. The molecule has 5 nitrogen and oxygen atoms in total. The van der Waals surface area contributed by atoms with E-state index in [9.17, 15) is 4.79 Å². The Labute approximate surface area is 122 Å². The molecule has 1 unspecified atom stereocenters. The number of hydrogen-bond donors (Lipinski definition) is 1. The molecule has 2 heterocycles. The first-order chi connectivity index (χ1) is 10.1. The topological polar surface area (TPSA) is 71.6 Å². The molecule has 21 heavy (non-hydrogen) atoms. The molecule has 1 atom stereocenters. The van der Waals surface area contributed by atoms with Gasteiger partial charge >= 0.3 is 6.03 Å². The lowest BCUT2D eigenvalue weighted by atomic mass is 10.0. The van der Waals surface area contributed by atoms with E-state index < -0.39 is 0 Å². The molecule has 2 amide bonds. The Morgan fingerprint density at radius 2 is 2.05 bits per heavy atom. The predicted octanol–water partition coefficient (Wildman–Crippen LogP) is 2.54. The molecule has 1 aromatic carbocycles. The smallest absolute Gasteiger partial charge is 0.346 e. The summed E-state index contributed by atoms with van der Waals surface area (Å²) in [5, 5.41) is 1.06. The Hall–Kier alpha value is -2.43. The molecule has 1 saturated carbocycles. The molecule has 2 aromatic rings. The van der Waals surface area contributed by atoms with Crippen LogP contribution in [0.2, 0.25) is 0 Å². The van der Waals surface area contributed by atoms with E-state index in [0.717, 1.165) is 35.0 Å². The Morgan fingerprint density at radius 1 is 1.24 bits per heavy atom. The Bertz CT molecular complexity index is 779. The van der Waals surface area contributed by atoms with E-state index in [1.807, 2.05) is 36.1 Å². The van der Waals surface area contributed by atoms with Gasteiger partial charge in [0.2, 0.25) is 0 Å². The third-order valence-electron chi connectivity index (χ3n) is 4.11. The number of nitrogens with two attached hydrogens (primary N) is 1. The van der Waals surface area contributed by atoms with Crippen LogP contribution >= 0.6 is 0 Å². The summed E-state index contributed by atoms with van der Waals surface area (Å²) in [6.45, 7) is 1.97. The van der Waals surface area contributed by atoms with Gasteiger partial charge in [0.25, 0.3) is 0 Å². The van der Waals surface area contributed by atoms with Gasteiger partial charge in [-0.2, -0.15) is 4.99 Å². The number of pyridine rings is 1. The van der Waals surface area contributed by atoms with Crippen molar-refractivity contribution in [2.45, 2.75) is 31.8 Å². The van der Waals surface area contributed by atoms with Crippen LogP contribution < -0.4 is 5.73 Å². The van der Waals surface area contributed by atoms with E-state index in [1.165, 1.54) is 0 Å². The molecule has 0 bridgehead atoms. The number of aryl methyl sites for hydroxylation is 1. The normalized spacial score (nSPS) is 22.0. The molecule has 0 radical (unpaired) electrons. The number of aromatic nitrogens is 1. The van der Waals surface area contributed by atoms with Crippen molar-refractivity contribution in [3.8, 4) is 0 Å². The zero-order valence-corrected chi connectivity index (χ0v) is 11.8. The summed E-state index contributed by atoms with van der Waals surface area (Å²) >= 11 is 0. The molecule has 0 saturated heterocycles. The van der Waals surface area contributed by atoms with Gasteiger partial charge in [0.1, 0.15) is 11.9 Å². The standard InChI is InChI=1S/C16H16N4O/c1-9-2-3-10-8-11(4-7-13(10)18-9)14-15(17)19-16(21)20(14)12-5-6-12/h2-4,7-8,12,14H,5-6H2,1H3,(H2,17,19,21). The second kappa shape index (κ2) is 4.28. The van der Waals surface area contributed by atoms with Gasteiger partial charge in [0.15, 0.2) is 0 Å². The molecule has 4 rings (SSSR count). The number of hydrogen-bond acceptors (Lipinski definition) is 3. The van der Waals surface area contributed by atoms with Crippen LogP contribution in [0.3, 0.4) is 0 Å². The number of amides is 2. The van der Waals surface area contributed by atoms with Gasteiger partial charge in [-0.1, -0.05) is 12.1 Å². The van der Waals surface area contributed by atoms with Crippen molar-refractivity contribution in [3.05, 3.63) is 41.6 Å². The van der Waals surface area contributed by atoms with Crippen LogP contribution in [-0.4, -0.2) is 27.8 Å². The fourth-order valence-corrected chi connectivity index (χ4v) is 2.95. The Kier molecular flexibility index (Phi) is 2.51. The van der Waals surface area contributed by atoms with Gasteiger partial charge in [0, 0.05) is 17.1 Å². The van der Waals surface area contributed by atoms with Gasteiger partial charge in [-0.3, -0.25) is 4.98 Å². The van der Waals surface area contributed by atoms with Crippen molar-refractivity contribution >= 4 is 22.8 Å². The average Bonchev–Trinajstić information content (AvgIpc) is 3.24. The highest BCUT2D eigenvalue weighted by molar-refractivity contribution is 6.04. The molecule has 2 N–H and O–H groups in total. The van der Waals surface area contributed by atoms with Crippen molar-refractivity contribution in [2.24, 2.45) is 10.7 Å². The van der Waals surface area contributed by atoms with Crippen molar-refractivity contribution in [2.75, 3.05) is 0 Å². The summed E-state index contributed by atoms with van der Waals surface area (Å²) in [7, 11) is 0. The highest BCUT2D eigenvalue weighted by atomic mass is 16.2. The van der Waals surface area contributed by atoms with Gasteiger partial charge in [-0.25, -0.2) is 4.79 Å². The number of rotatable bonds is 2. The Balaban J connectivity index is 1.79. The van der Waals surface area contributed by atoms with Crippen molar-refractivity contribution < 1.29 is 4.79 Å². The maximum atomic E-state index is 12.0. The Morgan fingerprint density at radius 3 is 2.81 bits per heavy atom. The molecule has 106 valence electrons.